The van der Waals surface area contributed by atoms with Crippen molar-refractivity contribution < 1.29 is 9.84 Å². The fourth-order valence-electron chi connectivity index (χ4n) is 4.16. The molecule has 4 rings (SSSR count). The number of allylic oxidation sites excluding steroid dienone is 1. The summed E-state index contributed by atoms with van der Waals surface area (Å²) in [6.07, 6.45) is 3.44. The van der Waals surface area contributed by atoms with Gasteiger partial charge in [-0.05, 0) is 56.1 Å². The van der Waals surface area contributed by atoms with Crippen LogP contribution in [0.3, 0.4) is 0 Å². The van der Waals surface area contributed by atoms with Crippen molar-refractivity contribution in [2.75, 3.05) is 62.0 Å². The van der Waals surface area contributed by atoms with E-state index < -0.39 is 0 Å². The quantitative estimate of drug-likeness (QED) is 0.206. The topological polar surface area (TPSA) is 110 Å². The zero-order valence-corrected chi connectivity index (χ0v) is 22.9. The molecule has 0 radical (unpaired) electrons. The first-order valence-electron chi connectivity index (χ1n) is 12.6. The third-order valence-electron chi connectivity index (χ3n) is 6.31. The third kappa shape index (κ3) is 7.32. The molecule has 0 bridgehead atoms. The molecule has 3 N–H and O–H groups in total. The van der Waals surface area contributed by atoms with Gasteiger partial charge in [-0.3, -0.25) is 14.9 Å². The number of guanidine groups is 1. The van der Waals surface area contributed by atoms with Gasteiger partial charge in [-0.2, -0.15) is 4.99 Å². The summed E-state index contributed by atoms with van der Waals surface area (Å²) in [4.78, 5) is 22.1. The fourth-order valence-corrected chi connectivity index (χ4v) is 4.46. The number of nitrogens with one attached hydrogen (secondary N) is 2. The Hall–Kier alpha value is -3.99. The highest BCUT2D eigenvalue weighted by molar-refractivity contribution is 6.33. The van der Waals surface area contributed by atoms with E-state index in [1.165, 1.54) is 0 Å². The molecule has 2 aromatic heterocycles. The van der Waals surface area contributed by atoms with Gasteiger partial charge in [-0.1, -0.05) is 17.7 Å². The first kappa shape index (κ1) is 28.0. The molecule has 0 amide bonds. The number of aliphatic hydroxyl groups is 1. The smallest absolute Gasteiger partial charge is 0.228 e. The summed E-state index contributed by atoms with van der Waals surface area (Å²) >= 11 is 6.67. The van der Waals surface area contributed by atoms with Crippen molar-refractivity contribution >= 4 is 41.3 Å². The van der Waals surface area contributed by atoms with E-state index in [1.807, 2.05) is 48.5 Å². The third-order valence-corrected chi connectivity index (χ3v) is 6.61. The molecule has 0 spiro atoms. The predicted molar refractivity (Wildman–Crippen MR) is 159 cm³/mol. The highest BCUT2D eigenvalue weighted by Crippen LogP contribution is 2.30. The lowest BCUT2D eigenvalue weighted by Gasteiger charge is -2.36. The lowest BCUT2D eigenvalue weighted by molar-refractivity contribution is 0.189. The van der Waals surface area contributed by atoms with E-state index in [2.05, 4.69) is 47.1 Å². The highest BCUT2D eigenvalue weighted by atomic mass is 35.5. The molecule has 0 aliphatic carbocycles. The van der Waals surface area contributed by atoms with Crippen LogP contribution in [0.2, 0.25) is 5.02 Å². The van der Waals surface area contributed by atoms with E-state index in [9.17, 15) is 5.11 Å². The Morgan fingerprint density at radius 2 is 1.87 bits per heavy atom. The van der Waals surface area contributed by atoms with Gasteiger partial charge < -0.3 is 25.4 Å². The first-order chi connectivity index (χ1) is 19.0. The van der Waals surface area contributed by atoms with E-state index in [1.54, 1.807) is 26.4 Å². The minimum atomic E-state index is 0.173. The maximum absolute atomic E-state index is 9.18. The van der Waals surface area contributed by atoms with Gasteiger partial charge in [0.25, 0.3) is 0 Å². The van der Waals surface area contributed by atoms with Crippen LogP contribution in [-0.4, -0.2) is 79.1 Å². The number of aromatic nitrogens is 2. The molecule has 1 saturated heterocycles. The number of anilines is 3. The molecule has 3 heterocycles. The lowest BCUT2D eigenvalue weighted by Crippen LogP contribution is -2.47. The zero-order valence-electron chi connectivity index (χ0n) is 22.1. The average molecular weight is 549 g/mol. The Balaban J connectivity index is 1.53. The maximum Gasteiger partial charge on any atom is 0.228 e. The van der Waals surface area contributed by atoms with Gasteiger partial charge in [0, 0.05) is 50.8 Å². The van der Waals surface area contributed by atoms with Gasteiger partial charge in [0.2, 0.25) is 5.96 Å². The zero-order chi connectivity index (χ0) is 27.6. The van der Waals surface area contributed by atoms with Crippen molar-refractivity contribution in [3.63, 3.8) is 0 Å². The first-order valence-corrected chi connectivity index (χ1v) is 13.0. The van der Waals surface area contributed by atoms with Crippen LogP contribution in [0.15, 0.2) is 82.5 Å². The molecule has 11 heteroatoms. The van der Waals surface area contributed by atoms with Crippen molar-refractivity contribution in [1.29, 1.82) is 0 Å². The molecule has 0 unspecified atom stereocenters. The number of hydrogen-bond donors (Lipinski definition) is 3. The Kier molecular flexibility index (Phi) is 9.85. The standard InChI is InChI=1S/C28H33ClN8O2/c1-20(39-3)27(34-24-8-6-12-32-26(24)23-7-4-5-11-31-23)35-28(30-2)33-21-9-10-25(22(29)19-21)37-15-13-36(14-16-37)17-18-38/h4-12,19,34,38H,2,13-18H2,1,3H3,(H,33,35)/b27-20+. The van der Waals surface area contributed by atoms with E-state index in [0.717, 1.165) is 43.2 Å². The molecular weight excluding hydrogens is 516 g/mol. The van der Waals surface area contributed by atoms with E-state index in [0.29, 0.717) is 34.5 Å². The second-order valence-electron chi connectivity index (χ2n) is 8.79. The van der Waals surface area contributed by atoms with Crippen molar-refractivity contribution in [2.24, 2.45) is 9.98 Å². The van der Waals surface area contributed by atoms with Gasteiger partial charge in [-0.25, -0.2) is 4.99 Å². The van der Waals surface area contributed by atoms with Gasteiger partial charge in [-0.15, -0.1) is 0 Å². The second kappa shape index (κ2) is 13.7. The molecule has 0 atom stereocenters. The number of aliphatic hydroxyl groups excluding tert-OH is 1. The van der Waals surface area contributed by atoms with Crippen molar-refractivity contribution in [3.8, 4) is 11.4 Å². The number of methoxy groups -OCH3 is 1. The van der Waals surface area contributed by atoms with Crippen LogP contribution in [0.5, 0.6) is 0 Å². The van der Waals surface area contributed by atoms with Crippen LogP contribution in [0.4, 0.5) is 17.1 Å². The number of piperazine rings is 1. The number of β-amino-alcohol motifs (C(OH)–C–C–N with tert-alkyl or cyclic N) is 1. The molecule has 204 valence electrons. The minimum absolute atomic E-state index is 0.173. The van der Waals surface area contributed by atoms with Crippen molar-refractivity contribution in [1.82, 2.24) is 14.9 Å². The number of rotatable bonds is 9. The normalized spacial score (nSPS) is 15.0. The van der Waals surface area contributed by atoms with E-state index in [4.69, 9.17) is 16.3 Å². The number of benzene rings is 1. The molecule has 1 aliphatic rings. The Morgan fingerprint density at radius 3 is 2.54 bits per heavy atom. The largest absolute Gasteiger partial charge is 0.498 e. The fraction of sp³-hybridized carbons (Fsp3) is 0.286. The number of halogens is 1. The molecule has 10 nitrogen and oxygen atoms in total. The summed E-state index contributed by atoms with van der Waals surface area (Å²) in [5.74, 6) is 1.24. The molecule has 3 aromatic rings. The van der Waals surface area contributed by atoms with Crippen LogP contribution in [0.1, 0.15) is 6.92 Å². The minimum Gasteiger partial charge on any atom is -0.498 e. The summed E-state index contributed by atoms with van der Waals surface area (Å²) in [7, 11) is 1.58. The van der Waals surface area contributed by atoms with Crippen LogP contribution < -0.4 is 15.5 Å². The molecule has 1 fully saturated rings. The lowest BCUT2D eigenvalue weighted by atomic mass is 10.2. The van der Waals surface area contributed by atoms with Gasteiger partial charge in [0.15, 0.2) is 5.82 Å². The predicted octanol–water partition coefficient (Wildman–Crippen LogP) is 4.33. The van der Waals surface area contributed by atoms with Gasteiger partial charge in [0.1, 0.15) is 11.5 Å². The summed E-state index contributed by atoms with van der Waals surface area (Å²) in [5, 5.41) is 16.3. The summed E-state index contributed by atoms with van der Waals surface area (Å²) in [6.45, 7) is 9.81. The molecule has 1 aliphatic heterocycles. The summed E-state index contributed by atoms with van der Waals surface area (Å²) in [6, 6.07) is 15.1. The number of ether oxygens (including phenoxy) is 1. The van der Waals surface area contributed by atoms with Gasteiger partial charge >= 0.3 is 0 Å². The van der Waals surface area contributed by atoms with Crippen LogP contribution in [0.25, 0.3) is 11.4 Å². The average Bonchev–Trinajstić information content (AvgIpc) is 2.97. The van der Waals surface area contributed by atoms with Gasteiger partial charge in [0.05, 0.1) is 35.8 Å². The van der Waals surface area contributed by atoms with E-state index >= 15 is 0 Å². The molecule has 1 aromatic carbocycles. The molecule has 39 heavy (non-hydrogen) atoms. The number of nitrogens with zero attached hydrogens (tertiary/aromatic N) is 6. The van der Waals surface area contributed by atoms with Crippen molar-refractivity contribution in [2.45, 2.75) is 6.92 Å². The highest BCUT2D eigenvalue weighted by Gasteiger charge is 2.19. The second-order valence-corrected chi connectivity index (χ2v) is 9.19. The molecular formula is C28H33ClN8O2. The van der Waals surface area contributed by atoms with Crippen LogP contribution in [-0.2, 0) is 4.74 Å². The monoisotopic (exact) mass is 548 g/mol. The SMILES string of the molecule is C=NC(=N/C(Nc1cccnc1-c1ccccn1)=C(\C)OC)Nc1ccc(N2CCN(CCO)CC2)c(Cl)c1. The van der Waals surface area contributed by atoms with Crippen LogP contribution >= 0.6 is 11.6 Å². The van der Waals surface area contributed by atoms with Crippen molar-refractivity contribution in [3.05, 3.63) is 77.5 Å². The van der Waals surface area contributed by atoms with E-state index in [-0.39, 0.29) is 12.6 Å². The summed E-state index contributed by atoms with van der Waals surface area (Å²) in [5.41, 5.74) is 3.80. The Bertz CT molecular complexity index is 1320. The Labute approximate surface area is 233 Å². The Morgan fingerprint density at radius 1 is 1.08 bits per heavy atom. The number of hydrogen-bond acceptors (Lipinski definition) is 8. The number of pyridine rings is 2. The summed E-state index contributed by atoms with van der Waals surface area (Å²) < 4.78 is 5.49. The molecule has 0 saturated carbocycles. The number of aliphatic imine (C=N–C) groups is 2. The maximum atomic E-state index is 9.18. The van der Waals surface area contributed by atoms with Crippen LogP contribution in [0, 0.1) is 0 Å².